The van der Waals surface area contributed by atoms with Gasteiger partial charge in [-0.05, 0) is 195 Å². The van der Waals surface area contributed by atoms with E-state index in [2.05, 4.69) is 71.3 Å². The second kappa shape index (κ2) is 19.5. The first-order valence-electron chi connectivity index (χ1n) is 33.2. The van der Waals surface area contributed by atoms with Crippen molar-refractivity contribution in [3.63, 3.8) is 0 Å². The number of piperidine rings is 2. The molecule has 8 saturated carbocycles. The van der Waals surface area contributed by atoms with Gasteiger partial charge in [0.05, 0.1) is 41.6 Å². The van der Waals surface area contributed by atoms with Gasteiger partial charge in [-0.3, -0.25) is 4.79 Å². The van der Waals surface area contributed by atoms with Gasteiger partial charge in [0, 0.05) is 42.2 Å². The quantitative estimate of drug-likeness (QED) is 0.301. The number of ether oxygens (including phenoxy) is 4. The number of allylic oxidation sites excluding steroid dienone is 3. The Labute approximate surface area is 497 Å². The molecule has 0 unspecified atom stereocenters. The number of hydrogen-bond donors (Lipinski definition) is 1. The number of hydrogen-bond acceptors (Lipinski definition) is 8. The summed E-state index contributed by atoms with van der Waals surface area (Å²) in [5.41, 5.74) is 6.25. The molecule has 4 heterocycles. The number of aliphatic hydroxyl groups excluding tert-OH is 1. The fourth-order valence-electron chi connectivity index (χ4n) is 24.6. The molecule has 4 saturated heterocycles. The number of carbonyl (C=O) groups is 3. The van der Waals surface area contributed by atoms with Crippen LogP contribution < -0.4 is 0 Å². The molecule has 0 aromatic heterocycles. The molecule has 1 N–H and O–H groups in total. The molecule has 0 radical (unpaired) electrons. The molecule has 450 valence electrons. The summed E-state index contributed by atoms with van der Waals surface area (Å²) in [5.74, 6) is 6.29. The summed E-state index contributed by atoms with van der Waals surface area (Å²) < 4.78 is 26.6. The molecule has 83 heavy (non-hydrogen) atoms. The van der Waals surface area contributed by atoms with Crippen molar-refractivity contribution in [2.24, 2.45) is 91.7 Å². The lowest BCUT2D eigenvalue weighted by molar-refractivity contribution is -0.148. The van der Waals surface area contributed by atoms with E-state index in [4.69, 9.17) is 18.9 Å². The van der Waals surface area contributed by atoms with Gasteiger partial charge in [0.2, 0.25) is 0 Å². The molecule has 16 rings (SSSR count). The number of carbonyl (C=O) groups excluding carboxylic acids is 3. The van der Waals surface area contributed by atoms with Crippen LogP contribution >= 0.6 is 0 Å². The molecule has 4 spiro atoms. The van der Waals surface area contributed by atoms with Gasteiger partial charge in [0.15, 0.2) is 5.78 Å². The Morgan fingerprint density at radius 3 is 1.64 bits per heavy atom. The highest BCUT2D eigenvalue weighted by molar-refractivity contribution is 5.91. The smallest absolute Gasteiger partial charge is 0.410 e. The minimum absolute atomic E-state index is 0. The Hall–Kier alpha value is -3.99. The topological polar surface area (TPSA) is 115 Å². The van der Waals surface area contributed by atoms with E-state index >= 15 is 0 Å². The highest BCUT2D eigenvalue weighted by atomic mass is 16.6. The zero-order valence-corrected chi connectivity index (χ0v) is 50.8. The summed E-state index contributed by atoms with van der Waals surface area (Å²) in [6.45, 7) is 21.6. The van der Waals surface area contributed by atoms with Crippen LogP contribution in [0.4, 0.5) is 9.59 Å². The standard InChI is InChI=1S/C36H49NO4.C36H47NO4.CH4/c2*1-22-16-30-31(37(19-22)32(39)40-20-24-8-6-5-7-9-24)23(2)36(41-30)15-13-28-27-11-10-25-17-26(38)12-14-33(25,3)29(27)18-35(28)21-34(35,36)4;/h5-10,22-23,26-31,38H,11-21H2,1-4H3;5-9,17,22-23,27-31H,10-16,18-21H2,1-4H3;1H4/t22-,23+,26-,27-,28-,29-,30+,31-,33-,34+,35+,36+;22-,23+,27-,28-,29-,30+,31-,33-,34+,35+,36+;/m00./s1. The Morgan fingerprint density at radius 2 is 1.11 bits per heavy atom. The molecule has 14 aliphatic rings. The molecule has 10 heteroatoms. The van der Waals surface area contributed by atoms with Crippen molar-refractivity contribution in [3.05, 3.63) is 95.1 Å². The van der Waals surface area contributed by atoms with Crippen LogP contribution in [0.2, 0.25) is 0 Å². The molecular formula is C73H100N2O8. The Bertz CT molecular complexity index is 2960. The maximum atomic E-state index is 13.6. The van der Waals surface area contributed by atoms with Crippen molar-refractivity contribution < 1.29 is 38.4 Å². The molecule has 10 nitrogen and oxygen atoms in total. The lowest BCUT2D eigenvalue weighted by Crippen LogP contribution is -2.56. The number of fused-ring (bicyclic) bond motifs is 12. The van der Waals surface area contributed by atoms with E-state index in [1.54, 1.807) is 5.57 Å². The van der Waals surface area contributed by atoms with Gasteiger partial charge in [-0.25, -0.2) is 9.59 Å². The summed E-state index contributed by atoms with van der Waals surface area (Å²) in [7, 11) is 0. The maximum absolute atomic E-state index is 13.6. The highest BCUT2D eigenvalue weighted by Gasteiger charge is 2.86. The predicted molar refractivity (Wildman–Crippen MR) is 321 cm³/mol. The molecule has 12 fully saturated rings. The maximum Gasteiger partial charge on any atom is 0.410 e. The highest BCUT2D eigenvalue weighted by Crippen LogP contribution is 2.89. The van der Waals surface area contributed by atoms with Crippen LogP contribution in [0.5, 0.6) is 0 Å². The normalized spacial score (nSPS) is 49.7. The van der Waals surface area contributed by atoms with E-state index in [1.165, 1.54) is 56.9 Å². The average Bonchev–Trinajstić information content (AvgIpc) is 1.49. The van der Waals surface area contributed by atoms with E-state index in [1.807, 2.05) is 66.7 Å². The molecule has 10 aliphatic carbocycles. The zero-order chi connectivity index (χ0) is 56.7. The van der Waals surface area contributed by atoms with Crippen molar-refractivity contribution in [1.82, 2.24) is 9.80 Å². The van der Waals surface area contributed by atoms with Gasteiger partial charge in [-0.2, -0.15) is 0 Å². The Balaban J connectivity index is 0.000000146. The van der Waals surface area contributed by atoms with Crippen LogP contribution in [-0.2, 0) is 37.0 Å². The first kappa shape index (κ1) is 56.8. The van der Waals surface area contributed by atoms with E-state index in [0.29, 0.717) is 53.5 Å². The predicted octanol–water partition coefficient (Wildman–Crippen LogP) is 15.1. The second-order valence-electron chi connectivity index (χ2n) is 31.7. The van der Waals surface area contributed by atoms with E-state index in [0.717, 1.165) is 118 Å². The SMILES string of the molecule is C.C[C@H]1C[C@H]2O[C@]3(CC[C@H]4[C@@H]5CC=C6C[C@@H](O)CC[C@]6(C)[C@H]5C[C@@]45C[C@]53C)[C@H](C)[C@@H]2N(C(=O)OCc2ccccc2)C1.C[C@H]1C[C@H]2O[C@]3(CC[C@H]4[C@@H]5CCC6=CC(=O)CC[C@]6(C)[C@H]5C[C@@]45C[C@]53C)[C@H](C)[C@@H]2N(C(=O)OCc2ccccc2)C1. The van der Waals surface area contributed by atoms with Crippen molar-refractivity contribution in [2.75, 3.05) is 13.1 Å². The van der Waals surface area contributed by atoms with Crippen LogP contribution in [0, 0.1) is 91.7 Å². The molecule has 2 amide bonds. The number of nitrogens with zero attached hydrogens (tertiary/aromatic N) is 2. The third-order valence-electron chi connectivity index (χ3n) is 28.5. The van der Waals surface area contributed by atoms with Crippen molar-refractivity contribution in [3.8, 4) is 0 Å². The summed E-state index contributed by atoms with van der Waals surface area (Å²) in [4.78, 5) is 43.7. The number of ketones is 1. The number of benzene rings is 2. The largest absolute Gasteiger partial charge is 0.445 e. The van der Waals surface area contributed by atoms with Crippen LogP contribution in [0.3, 0.4) is 0 Å². The molecule has 0 bridgehead atoms. The third kappa shape index (κ3) is 7.82. The molecule has 2 aromatic carbocycles. The van der Waals surface area contributed by atoms with E-state index in [-0.39, 0.29) is 88.8 Å². The van der Waals surface area contributed by atoms with Crippen LogP contribution in [0.1, 0.15) is 190 Å². The summed E-state index contributed by atoms with van der Waals surface area (Å²) in [6.07, 6.45) is 24.6. The Kier molecular flexibility index (Phi) is 13.3. The van der Waals surface area contributed by atoms with Gasteiger partial charge in [0.1, 0.15) is 13.2 Å². The van der Waals surface area contributed by atoms with Crippen molar-refractivity contribution >= 4 is 18.0 Å². The summed E-state index contributed by atoms with van der Waals surface area (Å²) >= 11 is 0. The first-order chi connectivity index (χ1) is 39.2. The van der Waals surface area contributed by atoms with Crippen molar-refractivity contribution in [1.29, 1.82) is 0 Å². The lowest BCUT2D eigenvalue weighted by Gasteiger charge is -2.50. The van der Waals surface area contributed by atoms with E-state index in [9.17, 15) is 19.5 Å². The van der Waals surface area contributed by atoms with Gasteiger partial charge in [-0.1, -0.05) is 141 Å². The number of amides is 2. The minimum Gasteiger partial charge on any atom is -0.445 e. The number of rotatable bonds is 4. The third-order valence-corrected chi connectivity index (χ3v) is 28.5. The average molecular weight is 1130 g/mol. The fraction of sp³-hybridized carbons (Fsp3) is 0.740. The van der Waals surface area contributed by atoms with Crippen LogP contribution in [0.25, 0.3) is 0 Å². The van der Waals surface area contributed by atoms with Gasteiger partial charge < -0.3 is 33.9 Å². The lowest BCUT2D eigenvalue weighted by atomic mass is 9.56. The first-order valence-corrected chi connectivity index (χ1v) is 33.2. The number of aliphatic hydroxyl groups is 1. The van der Waals surface area contributed by atoms with Gasteiger partial charge >= 0.3 is 12.2 Å². The van der Waals surface area contributed by atoms with Crippen LogP contribution in [-0.4, -0.2) is 87.6 Å². The monoisotopic (exact) mass is 1130 g/mol. The number of likely N-dealkylation sites (tertiary alicyclic amines) is 2. The van der Waals surface area contributed by atoms with E-state index < -0.39 is 0 Å². The second-order valence-corrected chi connectivity index (χ2v) is 31.7. The minimum atomic E-state index is -0.182. The van der Waals surface area contributed by atoms with Gasteiger partial charge in [-0.15, -0.1) is 0 Å². The van der Waals surface area contributed by atoms with Crippen molar-refractivity contribution in [2.45, 2.75) is 233 Å². The molecular weight excluding hydrogens is 1030 g/mol. The summed E-state index contributed by atoms with van der Waals surface area (Å²) in [5, 5.41) is 10.5. The molecule has 2 aromatic rings. The molecule has 4 aliphatic heterocycles. The summed E-state index contributed by atoms with van der Waals surface area (Å²) in [6, 6.07) is 20.2. The zero-order valence-electron chi connectivity index (χ0n) is 50.8. The molecule has 23 atom stereocenters. The fourth-order valence-corrected chi connectivity index (χ4v) is 24.6. The van der Waals surface area contributed by atoms with Crippen LogP contribution in [0.15, 0.2) is 84.0 Å². The Morgan fingerprint density at radius 1 is 0.614 bits per heavy atom. The van der Waals surface area contributed by atoms with Gasteiger partial charge in [0.25, 0.3) is 0 Å².